The summed E-state index contributed by atoms with van der Waals surface area (Å²) in [4.78, 5) is 23.1. The Morgan fingerprint density at radius 3 is 2.81 bits per heavy atom. The molecule has 112 valence electrons. The molecule has 1 aromatic carbocycles. The molecular formula is C16H20N2O3. The average molecular weight is 288 g/mol. The molecule has 1 aromatic rings. The smallest absolute Gasteiger partial charge is 0.337 e. The van der Waals surface area contributed by atoms with E-state index in [2.05, 4.69) is 22.8 Å². The van der Waals surface area contributed by atoms with Crippen LogP contribution in [-0.2, 0) is 0 Å². The predicted molar refractivity (Wildman–Crippen MR) is 81.6 cm³/mol. The van der Waals surface area contributed by atoms with Gasteiger partial charge in [0.1, 0.15) is 0 Å². The van der Waals surface area contributed by atoms with E-state index < -0.39 is 5.97 Å². The van der Waals surface area contributed by atoms with Crippen molar-refractivity contribution >= 4 is 17.7 Å². The fourth-order valence-corrected chi connectivity index (χ4v) is 2.45. The summed E-state index contributed by atoms with van der Waals surface area (Å²) >= 11 is 0. The van der Waals surface area contributed by atoms with Gasteiger partial charge in [0, 0.05) is 6.54 Å². The summed E-state index contributed by atoms with van der Waals surface area (Å²) in [6.07, 6.45) is 7.39. The summed E-state index contributed by atoms with van der Waals surface area (Å²) in [6, 6.07) is 4.56. The molecule has 0 aromatic heterocycles. The number of carboxylic acids is 1. The summed E-state index contributed by atoms with van der Waals surface area (Å²) < 4.78 is 0. The lowest BCUT2D eigenvalue weighted by atomic mass is 9.94. The zero-order chi connectivity index (χ0) is 15.2. The molecule has 0 fully saturated rings. The highest BCUT2D eigenvalue weighted by molar-refractivity contribution is 6.00. The molecule has 0 spiro atoms. The number of aromatic carboxylic acids is 1. The standard InChI is InChI=1S/C16H20N2O3/c1-11-6-5-9-13(15(19)20)14(11)18-16(21)17-10-12-7-3-2-4-8-12/h2-3,5-6,9,12H,4,7-8,10H2,1H3,(H,19,20)(H2,17,18,21). The number of hydrogen-bond donors (Lipinski definition) is 3. The highest BCUT2D eigenvalue weighted by Crippen LogP contribution is 2.21. The van der Waals surface area contributed by atoms with Crippen LogP contribution in [0.3, 0.4) is 0 Å². The second-order valence-corrected chi connectivity index (χ2v) is 5.29. The summed E-state index contributed by atoms with van der Waals surface area (Å²) in [5, 5.41) is 14.6. The fraction of sp³-hybridized carbons (Fsp3) is 0.375. The van der Waals surface area contributed by atoms with Crippen molar-refractivity contribution in [2.45, 2.75) is 26.2 Å². The number of allylic oxidation sites excluding steroid dienone is 2. The van der Waals surface area contributed by atoms with Crippen LogP contribution in [0.4, 0.5) is 10.5 Å². The second kappa shape index (κ2) is 6.92. The highest BCUT2D eigenvalue weighted by atomic mass is 16.4. The minimum absolute atomic E-state index is 0.103. The number of carbonyl (C=O) groups is 2. The van der Waals surface area contributed by atoms with E-state index >= 15 is 0 Å². The number of benzene rings is 1. The van der Waals surface area contributed by atoms with E-state index in [4.69, 9.17) is 5.11 Å². The molecule has 0 radical (unpaired) electrons. The monoisotopic (exact) mass is 288 g/mol. The lowest BCUT2D eigenvalue weighted by Crippen LogP contribution is -2.34. The topological polar surface area (TPSA) is 78.4 Å². The molecule has 5 heteroatoms. The van der Waals surface area contributed by atoms with Gasteiger partial charge in [0.25, 0.3) is 0 Å². The van der Waals surface area contributed by atoms with Gasteiger partial charge in [-0.05, 0) is 43.7 Å². The number of amides is 2. The molecule has 0 bridgehead atoms. The first-order chi connectivity index (χ1) is 10.1. The van der Waals surface area contributed by atoms with Crippen LogP contribution in [-0.4, -0.2) is 23.7 Å². The Bertz CT molecular complexity index is 567. The zero-order valence-corrected chi connectivity index (χ0v) is 12.1. The Labute approximate surface area is 124 Å². The van der Waals surface area contributed by atoms with Gasteiger partial charge >= 0.3 is 12.0 Å². The van der Waals surface area contributed by atoms with Crippen molar-refractivity contribution in [2.75, 3.05) is 11.9 Å². The highest BCUT2D eigenvalue weighted by Gasteiger charge is 2.15. The first-order valence-corrected chi connectivity index (χ1v) is 7.10. The van der Waals surface area contributed by atoms with E-state index in [1.165, 1.54) is 6.07 Å². The summed E-state index contributed by atoms with van der Waals surface area (Å²) in [5.41, 5.74) is 1.18. The van der Waals surface area contributed by atoms with Gasteiger partial charge in [-0.3, -0.25) is 0 Å². The second-order valence-electron chi connectivity index (χ2n) is 5.29. The van der Waals surface area contributed by atoms with Crippen molar-refractivity contribution in [3.05, 3.63) is 41.5 Å². The number of carboxylic acid groups (broad SMARTS) is 1. The Morgan fingerprint density at radius 1 is 1.33 bits per heavy atom. The largest absolute Gasteiger partial charge is 0.478 e. The van der Waals surface area contributed by atoms with Crippen LogP contribution in [0, 0.1) is 12.8 Å². The third-order valence-corrected chi connectivity index (χ3v) is 3.67. The van der Waals surface area contributed by atoms with Gasteiger partial charge in [-0.2, -0.15) is 0 Å². The summed E-state index contributed by atoms with van der Waals surface area (Å²) in [6.45, 7) is 2.37. The molecule has 0 saturated carbocycles. The lowest BCUT2D eigenvalue weighted by Gasteiger charge is -2.19. The Balaban J connectivity index is 1.96. The first-order valence-electron chi connectivity index (χ1n) is 7.10. The number of hydrogen-bond acceptors (Lipinski definition) is 2. The van der Waals surface area contributed by atoms with Crippen molar-refractivity contribution in [1.29, 1.82) is 0 Å². The van der Waals surface area contributed by atoms with E-state index in [9.17, 15) is 9.59 Å². The van der Waals surface area contributed by atoms with Crippen molar-refractivity contribution in [3.8, 4) is 0 Å². The van der Waals surface area contributed by atoms with Crippen LogP contribution >= 0.6 is 0 Å². The number of urea groups is 1. The third kappa shape index (κ3) is 4.08. The first kappa shape index (κ1) is 15.1. The lowest BCUT2D eigenvalue weighted by molar-refractivity contribution is 0.0698. The molecule has 1 aliphatic carbocycles. The number of aryl methyl sites for hydroxylation is 1. The van der Waals surface area contributed by atoms with Crippen molar-refractivity contribution in [3.63, 3.8) is 0 Å². The molecular weight excluding hydrogens is 268 g/mol. The van der Waals surface area contributed by atoms with Gasteiger partial charge in [0.2, 0.25) is 0 Å². The van der Waals surface area contributed by atoms with Gasteiger partial charge in [-0.25, -0.2) is 9.59 Å². The molecule has 1 atom stereocenters. The molecule has 1 unspecified atom stereocenters. The fourth-order valence-electron chi connectivity index (χ4n) is 2.45. The SMILES string of the molecule is Cc1cccc(C(=O)O)c1NC(=O)NCC1CC=CCC1. The maximum absolute atomic E-state index is 11.9. The third-order valence-electron chi connectivity index (χ3n) is 3.67. The van der Waals surface area contributed by atoms with Gasteiger partial charge in [-0.1, -0.05) is 24.3 Å². The minimum Gasteiger partial charge on any atom is -0.478 e. The van der Waals surface area contributed by atoms with Crippen LogP contribution in [0.15, 0.2) is 30.4 Å². The van der Waals surface area contributed by atoms with Crippen LogP contribution in [0.5, 0.6) is 0 Å². The van der Waals surface area contributed by atoms with E-state index in [1.54, 1.807) is 19.1 Å². The number of rotatable bonds is 4. The number of carbonyl (C=O) groups excluding carboxylic acids is 1. The molecule has 0 saturated heterocycles. The molecule has 0 aliphatic heterocycles. The Hall–Kier alpha value is -2.30. The number of para-hydroxylation sites is 1. The van der Waals surface area contributed by atoms with Crippen molar-refractivity contribution in [1.82, 2.24) is 5.32 Å². The van der Waals surface area contributed by atoms with E-state index in [0.29, 0.717) is 18.2 Å². The quantitative estimate of drug-likeness (QED) is 0.745. The molecule has 5 nitrogen and oxygen atoms in total. The van der Waals surface area contributed by atoms with Gasteiger partial charge in [-0.15, -0.1) is 0 Å². The normalized spacial score (nSPS) is 17.3. The van der Waals surface area contributed by atoms with Gasteiger partial charge in [0.15, 0.2) is 0 Å². The van der Waals surface area contributed by atoms with Crippen LogP contribution in [0.25, 0.3) is 0 Å². The molecule has 2 rings (SSSR count). The molecule has 2 amide bonds. The molecule has 0 heterocycles. The zero-order valence-electron chi connectivity index (χ0n) is 12.1. The maximum atomic E-state index is 11.9. The van der Waals surface area contributed by atoms with Crippen LogP contribution in [0.1, 0.15) is 35.2 Å². The Kier molecular flexibility index (Phi) is 4.98. The number of nitrogens with one attached hydrogen (secondary N) is 2. The maximum Gasteiger partial charge on any atom is 0.337 e. The van der Waals surface area contributed by atoms with Crippen LogP contribution < -0.4 is 10.6 Å². The summed E-state index contributed by atoms with van der Waals surface area (Å²) in [5.74, 6) is -0.594. The van der Waals surface area contributed by atoms with E-state index in [0.717, 1.165) is 24.8 Å². The van der Waals surface area contributed by atoms with Crippen molar-refractivity contribution in [2.24, 2.45) is 5.92 Å². The Morgan fingerprint density at radius 2 is 2.14 bits per heavy atom. The average Bonchev–Trinajstić information content (AvgIpc) is 2.48. The van der Waals surface area contributed by atoms with Crippen molar-refractivity contribution < 1.29 is 14.7 Å². The van der Waals surface area contributed by atoms with Gasteiger partial charge in [0.05, 0.1) is 11.3 Å². The van der Waals surface area contributed by atoms with E-state index in [1.807, 2.05) is 0 Å². The molecule has 1 aliphatic rings. The predicted octanol–water partition coefficient (Wildman–Crippen LogP) is 3.17. The summed E-state index contributed by atoms with van der Waals surface area (Å²) in [7, 11) is 0. The molecule has 3 N–H and O–H groups in total. The molecule has 21 heavy (non-hydrogen) atoms. The van der Waals surface area contributed by atoms with E-state index in [-0.39, 0.29) is 11.6 Å². The number of anilines is 1. The van der Waals surface area contributed by atoms with Crippen LogP contribution in [0.2, 0.25) is 0 Å². The minimum atomic E-state index is -1.05. The van der Waals surface area contributed by atoms with Gasteiger partial charge < -0.3 is 15.7 Å².